The maximum absolute atomic E-state index is 5.33. The molecule has 4 rings (SSSR count). The fraction of sp³-hybridized carbons (Fsp3) is 0.474. The average Bonchev–Trinajstić information content (AvgIpc) is 3.46. The van der Waals surface area contributed by atoms with E-state index in [4.69, 9.17) is 9.41 Å². The molecule has 0 bridgehead atoms. The molecule has 29 heavy (non-hydrogen) atoms. The molecule has 0 saturated carbocycles. The Labute approximate surface area is 187 Å². The predicted octanol–water partition coefficient (Wildman–Crippen LogP) is 2.45. The zero-order chi connectivity index (χ0) is 19.3. The molecule has 3 aromatic heterocycles. The van der Waals surface area contributed by atoms with Crippen molar-refractivity contribution in [2.24, 2.45) is 18.0 Å². The van der Waals surface area contributed by atoms with Crippen LogP contribution in [0.2, 0.25) is 0 Å². The SMILES string of the molecule is CCNC(=NCc1nc(-c2ccco2)n[nH]1)N1CCC(Cc2cnn(C)c2)C1.I. The Bertz CT molecular complexity index is 916. The second-order valence-corrected chi connectivity index (χ2v) is 7.08. The minimum atomic E-state index is 0. The Kier molecular flexibility index (Phi) is 7.29. The van der Waals surface area contributed by atoms with E-state index in [-0.39, 0.29) is 24.0 Å². The van der Waals surface area contributed by atoms with Gasteiger partial charge in [-0.3, -0.25) is 9.78 Å². The molecule has 1 fully saturated rings. The van der Waals surface area contributed by atoms with Gasteiger partial charge in [-0.25, -0.2) is 9.98 Å². The molecule has 3 aromatic rings. The summed E-state index contributed by atoms with van der Waals surface area (Å²) in [5.41, 5.74) is 1.29. The molecule has 10 heteroatoms. The van der Waals surface area contributed by atoms with Crippen molar-refractivity contribution in [1.82, 2.24) is 35.2 Å². The summed E-state index contributed by atoms with van der Waals surface area (Å²) in [6.07, 6.45) is 7.88. The zero-order valence-electron chi connectivity index (χ0n) is 16.7. The number of furan rings is 1. The fourth-order valence-corrected chi connectivity index (χ4v) is 3.56. The van der Waals surface area contributed by atoms with Crippen LogP contribution >= 0.6 is 24.0 Å². The fourth-order valence-electron chi connectivity index (χ4n) is 3.56. The van der Waals surface area contributed by atoms with E-state index in [0.717, 1.165) is 38.4 Å². The largest absolute Gasteiger partial charge is 0.461 e. The van der Waals surface area contributed by atoms with Crippen molar-refractivity contribution in [3.05, 3.63) is 42.2 Å². The Morgan fingerprint density at radius 2 is 2.34 bits per heavy atom. The smallest absolute Gasteiger partial charge is 0.216 e. The van der Waals surface area contributed by atoms with Crippen molar-refractivity contribution in [3.63, 3.8) is 0 Å². The second-order valence-electron chi connectivity index (χ2n) is 7.08. The molecule has 1 saturated heterocycles. The van der Waals surface area contributed by atoms with Gasteiger partial charge in [0.1, 0.15) is 12.4 Å². The first-order chi connectivity index (χ1) is 13.7. The molecule has 1 atom stereocenters. The highest BCUT2D eigenvalue weighted by Crippen LogP contribution is 2.21. The summed E-state index contributed by atoms with van der Waals surface area (Å²) in [6.45, 7) is 5.36. The van der Waals surface area contributed by atoms with Crippen molar-refractivity contribution in [2.75, 3.05) is 19.6 Å². The average molecular weight is 510 g/mol. The molecule has 1 unspecified atom stereocenters. The first kappa shape index (κ1) is 21.3. The van der Waals surface area contributed by atoms with E-state index in [0.29, 0.717) is 29.9 Å². The number of H-pyrrole nitrogens is 1. The third kappa shape index (κ3) is 5.37. The summed E-state index contributed by atoms with van der Waals surface area (Å²) in [7, 11) is 1.96. The number of aliphatic imine (C=N–C) groups is 1. The highest BCUT2D eigenvalue weighted by Gasteiger charge is 2.25. The molecule has 0 aromatic carbocycles. The normalized spacial score (nSPS) is 16.8. The van der Waals surface area contributed by atoms with Crippen molar-refractivity contribution in [2.45, 2.75) is 26.3 Å². The van der Waals surface area contributed by atoms with E-state index in [1.807, 2.05) is 30.1 Å². The second kappa shape index (κ2) is 9.90. The number of hydrogen-bond donors (Lipinski definition) is 2. The topological polar surface area (TPSA) is 100 Å². The van der Waals surface area contributed by atoms with E-state index in [1.165, 1.54) is 5.56 Å². The third-order valence-corrected chi connectivity index (χ3v) is 4.85. The maximum Gasteiger partial charge on any atom is 0.216 e. The van der Waals surface area contributed by atoms with E-state index < -0.39 is 0 Å². The van der Waals surface area contributed by atoms with E-state index in [9.17, 15) is 0 Å². The predicted molar refractivity (Wildman–Crippen MR) is 121 cm³/mol. The summed E-state index contributed by atoms with van der Waals surface area (Å²) >= 11 is 0. The molecule has 1 aliphatic rings. The van der Waals surface area contributed by atoms with Crippen LogP contribution in [-0.2, 0) is 20.0 Å². The standard InChI is InChI=1S/C19H26N8O.HI/c1-3-20-19(21-11-17-23-18(25-24-17)16-5-4-8-28-16)27-7-6-14(13-27)9-15-10-22-26(2)12-15;/h4-5,8,10,12,14H,3,6-7,9,11,13H2,1-2H3,(H,20,21)(H,23,24,25);1H. The Hall–Kier alpha value is -2.37. The summed E-state index contributed by atoms with van der Waals surface area (Å²) in [5, 5.41) is 14.8. The number of halogens is 1. The number of rotatable bonds is 6. The molecule has 0 aliphatic carbocycles. The zero-order valence-corrected chi connectivity index (χ0v) is 19.0. The Morgan fingerprint density at radius 3 is 3.07 bits per heavy atom. The molecular formula is C19H27IN8O. The first-order valence-electron chi connectivity index (χ1n) is 9.67. The molecular weight excluding hydrogens is 483 g/mol. The molecule has 9 nitrogen and oxygen atoms in total. The van der Waals surface area contributed by atoms with Crippen LogP contribution in [0, 0.1) is 5.92 Å². The number of guanidine groups is 1. The highest BCUT2D eigenvalue weighted by atomic mass is 127. The number of aryl methyl sites for hydroxylation is 1. The molecule has 0 spiro atoms. The number of likely N-dealkylation sites (tertiary alicyclic amines) is 1. The quantitative estimate of drug-likeness (QED) is 0.300. The summed E-state index contributed by atoms with van der Waals surface area (Å²) < 4.78 is 7.20. The van der Waals surface area contributed by atoms with Crippen LogP contribution < -0.4 is 5.32 Å². The van der Waals surface area contributed by atoms with Gasteiger partial charge >= 0.3 is 0 Å². The van der Waals surface area contributed by atoms with Crippen LogP contribution in [-0.4, -0.2) is 55.5 Å². The van der Waals surface area contributed by atoms with Gasteiger partial charge in [-0.15, -0.1) is 29.1 Å². The molecule has 0 amide bonds. The lowest BCUT2D eigenvalue weighted by molar-refractivity contribution is 0.459. The van der Waals surface area contributed by atoms with Crippen LogP contribution in [0.15, 0.2) is 40.2 Å². The molecule has 4 heterocycles. The Balaban J connectivity index is 0.00000240. The lowest BCUT2D eigenvalue weighted by atomic mass is 10.0. The molecule has 1 aliphatic heterocycles. The van der Waals surface area contributed by atoms with Crippen molar-refractivity contribution in [3.8, 4) is 11.6 Å². The van der Waals surface area contributed by atoms with Gasteiger partial charge in [-0.1, -0.05) is 0 Å². The van der Waals surface area contributed by atoms with Gasteiger partial charge in [-0.05, 0) is 43.4 Å². The minimum Gasteiger partial charge on any atom is -0.461 e. The van der Waals surface area contributed by atoms with Gasteiger partial charge in [0.25, 0.3) is 0 Å². The van der Waals surface area contributed by atoms with Crippen LogP contribution in [0.25, 0.3) is 11.6 Å². The lowest BCUT2D eigenvalue weighted by Gasteiger charge is -2.21. The third-order valence-electron chi connectivity index (χ3n) is 4.85. The van der Waals surface area contributed by atoms with Gasteiger partial charge < -0.3 is 14.6 Å². The number of nitrogens with one attached hydrogen (secondary N) is 2. The van der Waals surface area contributed by atoms with Gasteiger partial charge in [0, 0.05) is 32.9 Å². The van der Waals surface area contributed by atoms with E-state index in [2.05, 4.69) is 43.6 Å². The van der Waals surface area contributed by atoms with Crippen LogP contribution in [0.4, 0.5) is 0 Å². The monoisotopic (exact) mass is 510 g/mol. The highest BCUT2D eigenvalue weighted by molar-refractivity contribution is 14.0. The number of hydrogen-bond acceptors (Lipinski definition) is 5. The van der Waals surface area contributed by atoms with Gasteiger partial charge in [0.15, 0.2) is 11.7 Å². The van der Waals surface area contributed by atoms with Gasteiger partial charge in [0.2, 0.25) is 5.82 Å². The van der Waals surface area contributed by atoms with Crippen LogP contribution in [0.1, 0.15) is 24.7 Å². The van der Waals surface area contributed by atoms with Crippen LogP contribution in [0.5, 0.6) is 0 Å². The van der Waals surface area contributed by atoms with Crippen molar-refractivity contribution < 1.29 is 4.42 Å². The molecule has 156 valence electrons. The number of aromatic amines is 1. The Morgan fingerprint density at radius 1 is 1.45 bits per heavy atom. The summed E-state index contributed by atoms with van der Waals surface area (Å²) in [5.74, 6) is 3.46. The van der Waals surface area contributed by atoms with Crippen LogP contribution in [0.3, 0.4) is 0 Å². The molecule has 0 radical (unpaired) electrons. The van der Waals surface area contributed by atoms with E-state index >= 15 is 0 Å². The maximum atomic E-state index is 5.33. The minimum absolute atomic E-state index is 0. The van der Waals surface area contributed by atoms with Crippen molar-refractivity contribution in [1.29, 1.82) is 0 Å². The summed E-state index contributed by atoms with van der Waals surface area (Å²) in [6, 6.07) is 3.66. The lowest BCUT2D eigenvalue weighted by Crippen LogP contribution is -2.40. The van der Waals surface area contributed by atoms with Gasteiger partial charge in [0.05, 0.1) is 12.5 Å². The van der Waals surface area contributed by atoms with Gasteiger partial charge in [-0.2, -0.15) is 5.10 Å². The summed E-state index contributed by atoms with van der Waals surface area (Å²) in [4.78, 5) is 11.5. The van der Waals surface area contributed by atoms with Crippen molar-refractivity contribution >= 4 is 29.9 Å². The first-order valence-corrected chi connectivity index (χ1v) is 9.67. The number of aromatic nitrogens is 5. The number of nitrogens with zero attached hydrogens (tertiary/aromatic N) is 6. The van der Waals surface area contributed by atoms with E-state index in [1.54, 1.807) is 6.26 Å². The molecule has 2 N–H and O–H groups in total.